The lowest BCUT2D eigenvalue weighted by Gasteiger charge is -2.14. The van der Waals surface area contributed by atoms with Crippen molar-refractivity contribution in [3.8, 4) is 0 Å². The number of carbonyl (C=O) groups excluding carboxylic acids is 1. The van der Waals surface area contributed by atoms with Crippen LogP contribution < -0.4 is 5.32 Å². The molecular weight excluding hydrogens is 354 g/mol. The van der Waals surface area contributed by atoms with E-state index in [4.69, 9.17) is 0 Å². The van der Waals surface area contributed by atoms with Gasteiger partial charge in [-0.05, 0) is 68.3 Å². The van der Waals surface area contributed by atoms with Gasteiger partial charge in [0.2, 0.25) is 5.91 Å². The van der Waals surface area contributed by atoms with E-state index in [9.17, 15) is 4.79 Å². The number of benzene rings is 2. The lowest BCUT2D eigenvalue weighted by molar-refractivity contribution is -0.111. The fourth-order valence-corrected chi connectivity index (χ4v) is 4.21. The third-order valence-electron chi connectivity index (χ3n) is 4.82. The van der Waals surface area contributed by atoms with Gasteiger partial charge >= 0.3 is 0 Å². The first-order valence-corrected chi connectivity index (χ1v) is 10.2. The Morgan fingerprint density at radius 3 is 2.67 bits per heavy atom. The van der Waals surface area contributed by atoms with Crippen molar-refractivity contribution in [2.75, 3.05) is 25.0 Å². The zero-order chi connectivity index (χ0) is 18.5. The van der Waals surface area contributed by atoms with Gasteiger partial charge in [-0.3, -0.25) is 4.79 Å². The van der Waals surface area contributed by atoms with Crippen LogP contribution in [0.1, 0.15) is 23.4 Å². The number of aromatic nitrogens is 1. The van der Waals surface area contributed by atoms with Gasteiger partial charge in [0, 0.05) is 18.3 Å². The third-order valence-corrected chi connectivity index (χ3v) is 5.83. The number of rotatable bonds is 6. The highest BCUT2D eigenvalue weighted by molar-refractivity contribution is 7.19. The van der Waals surface area contributed by atoms with E-state index in [-0.39, 0.29) is 5.91 Å². The summed E-state index contributed by atoms with van der Waals surface area (Å²) < 4.78 is 1.13. The van der Waals surface area contributed by atoms with Crippen molar-refractivity contribution in [3.05, 3.63) is 65.2 Å². The molecular formula is C22H23N3OS. The van der Waals surface area contributed by atoms with E-state index in [1.807, 2.05) is 36.4 Å². The molecule has 0 spiro atoms. The maximum atomic E-state index is 12.2. The lowest BCUT2D eigenvalue weighted by Crippen LogP contribution is -2.21. The molecule has 1 fully saturated rings. The fraction of sp³-hybridized carbons (Fsp3) is 0.273. The highest BCUT2D eigenvalue weighted by Crippen LogP contribution is 2.22. The molecule has 0 saturated carbocycles. The third kappa shape index (κ3) is 4.81. The van der Waals surface area contributed by atoms with Crippen LogP contribution in [0.15, 0.2) is 54.6 Å². The van der Waals surface area contributed by atoms with Crippen LogP contribution in [0.4, 0.5) is 5.69 Å². The van der Waals surface area contributed by atoms with Crippen molar-refractivity contribution < 1.29 is 4.79 Å². The summed E-state index contributed by atoms with van der Waals surface area (Å²) in [6, 6.07) is 16.1. The molecule has 2 aromatic carbocycles. The molecule has 0 radical (unpaired) electrons. The number of likely N-dealkylation sites (tertiary alicyclic amines) is 1. The first-order valence-electron chi connectivity index (χ1n) is 9.42. The summed E-state index contributed by atoms with van der Waals surface area (Å²) in [4.78, 5) is 19.2. The maximum absolute atomic E-state index is 12.2. The average Bonchev–Trinajstić information content (AvgIpc) is 3.35. The fourth-order valence-electron chi connectivity index (χ4n) is 3.34. The van der Waals surface area contributed by atoms with Gasteiger partial charge in [0.25, 0.3) is 0 Å². The lowest BCUT2D eigenvalue weighted by atomic mass is 10.1. The standard InChI is InChI=1S/C22H23N3OS/c26-21(11-12-22-24-19-5-1-2-6-20(19)27-22)23-18-9-7-17(8-10-18)13-16-25-14-3-4-15-25/h1-2,5-12H,3-4,13-16H2,(H,23,26)/b12-11+. The first kappa shape index (κ1) is 17.9. The summed E-state index contributed by atoms with van der Waals surface area (Å²) in [7, 11) is 0. The predicted molar refractivity (Wildman–Crippen MR) is 113 cm³/mol. The Morgan fingerprint density at radius 2 is 1.89 bits per heavy atom. The summed E-state index contributed by atoms with van der Waals surface area (Å²) >= 11 is 1.58. The van der Waals surface area contributed by atoms with Crippen LogP contribution in [-0.2, 0) is 11.2 Å². The van der Waals surface area contributed by atoms with E-state index in [2.05, 4.69) is 27.3 Å². The van der Waals surface area contributed by atoms with Crippen LogP contribution >= 0.6 is 11.3 Å². The predicted octanol–water partition coefficient (Wildman–Crippen LogP) is 4.59. The molecule has 0 unspecified atom stereocenters. The Kier molecular flexibility index (Phi) is 5.61. The second kappa shape index (κ2) is 8.46. The average molecular weight is 378 g/mol. The minimum absolute atomic E-state index is 0.140. The number of hydrogen-bond acceptors (Lipinski definition) is 4. The van der Waals surface area contributed by atoms with Crippen molar-refractivity contribution in [1.29, 1.82) is 0 Å². The van der Waals surface area contributed by atoms with Gasteiger partial charge in [0.15, 0.2) is 0 Å². The molecule has 0 bridgehead atoms. The van der Waals surface area contributed by atoms with Crippen molar-refractivity contribution in [2.45, 2.75) is 19.3 Å². The Hall–Kier alpha value is -2.50. The summed E-state index contributed by atoms with van der Waals surface area (Å²) in [5, 5.41) is 3.75. The van der Waals surface area contributed by atoms with Crippen LogP contribution in [0.5, 0.6) is 0 Å². The normalized spacial score (nSPS) is 15.0. The quantitative estimate of drug-likeness (QED) is 0.639. The summed E-state index contributed by atoms with van der Waals surface area (Å²) in [5.41, 5.74) is 3.09. The van der Waals surface area contributed by atoms with Gasteiger partial charge in [-0.25, -0.2) is 4.98 Å². The Balaban J connectivity index is 1.30. The molecule has 1 aromatic heterocycles. The number of nitrogens with zero attached hydrogens (tertiary/aromatic N) is 2. The molecule has 1 aliphatic heterocycles. The van der Waals surface area contributed by atoms with Gasteiger partial charge in [0.1, 0.15) is 5.01 Å². The first-order chi connectivity index (χ1) is 13.3. The number of carbonyl (C=O) groups is 1. The van der Waals surface area contributed by atoms with E-state index in [0.29, 0.717) is 0 Å². The van der Waals surface area contributed by atoms with E-state index in [1.165, 1.54) is 31.5 Å². The molecule has 0 aliphatic carbocycles. The van der Waals surface area contributed by atoms with E-state index < -0.39 is 0 Å². The zero-order valence-electron chi connectivity index (χ0n) is 15.2. The largest absolute Gasteiger partial charge is 0.323 e. The van der Waals surface area contributed by atoms with Gasteiger partial charge in [-0.1, -0.05) is 24.3 Å². The summed E-state index contributed by atoms with van der Waals surface area (Å²) in [6.45, 7) is 3.58. The van der Waals surface area contributed by atoms with Gasteiger partial charge < -0.3 is 10.2 Å². The monoisotopic (exact) mass is 377 g/mol. The molecule has 1 amide bonds. The number of anilines is 1. The number of para-hydroxylation sites is 1. The van der Waals surface area contributed by atoms with E-state index in [0.717, 1.165) is 33.9 Å². The molecule has 27 heavy (non-hydrogen) atoms. The minimum Gasteiger partial charge on any atom is -0.323 e. The second-order valence-electron chi connectivity index (χ2n) is 6.84. The summed E-state index contributed by atoms with van der Waals surface area (Å²) in [6.07, 6.45) is 7.03. The molecule has 1 N–H and O–H groups in total. The van der Waals surface area contributed by atoms with Crippen molar-refractivity contribution in [1.82, 2.24) is 9.88 Å². The SMILES string of the molecule is O=C(/C=C/c1nc2ccccc2s1)Nc1ccc(CCN2CCCC2)cc1. The van der Waals surface area contributed by atoms with Crippen LogP contribution in [0, 0.1) is 0 Å². The zero-order valence-corrected chi connectivity index (χ0v) is 16.0. The number of hydrogen-bond donors (Lipinski definition) is 1. The van der Waals surface area contributed by atoms with Crippen LogP contribution in [0.3, 0.4) is 0 Å². The molecule has 1 saturated heterocycles. The number of thiazole rings is 1. The molecule has 138 valence electrons. The maximum Gasteiger partial charge on any atom is 0.248 e. The Morgan fingerprint density at radius 1 is 1.11 bits per heavy atom. The number of amides is 1. The Bertz CT molecular complexity index is 907. The highest BCUT2D eigenvalue weighted by atomic mass is 32.1. The number of fused-ring (bicyclic) bond motifs is 1. The second-order valence-corrected chi connectivity index (χ2v) is 7.90. The van der Waals surface area contributed by atoms with Gasteiger partial charge in [-0.2, -0.15) is 0 Å². The molecule has 1 aliphatic rings. The molecule has 4 nitrogen and oxygen atoms in total. The molecule has 4 rings (SSSR count). The number of nitrogens with one attached hydrogen (secondary N) is 1. The van der Waals surface area contributed by atoms with Crippen molar-refractivity contribution in [3.63, 3.8) is 0 Å². The van der Waals surface area contributed by atoms with Crippen LogP contribution in [0.25, 0.3) is 16.3 Å². The highest BCUT2D eigenvalue weighted by Gasteiger charge is 2.10. The van der Waals surface area contributed by atoms with Crippen LogP contribution in [0.2, 0.25) is 0 Å². The summed E-state index contributed by atoms with van der Waals surface area (Å²) in [5.74, 6) is -0.140. The van der Waals surface area contributed by atoms with Crippen LogP contribution in [-0.4, -0.2) is 35.4 Å². The Labute approximate surface area is 163 Å². The minimum atomic E-state index is -0.140. The van der Waals surface area contributed by atoms with Gasteiger partial charge in [0.05, 0.1) is 10.2 Å². The molecule has 5 heteroatoms. The molecule has 3 aromatic rings. The topological polar surface area (TPSA) is 45.2 Å². The van der Waals surface area contributed by atoms with Crippen molar-refractivity contribution >= 4 is 39.2 Å². The van der Waals surface area contributed by atoms with E-state index in [1.54, 1.807) is 23.5 Å². The molecule has 2 heterocycles. The van der Waals surface area contributed by atoms with E-state index >= 15 is 0 Å². The smallest absolute Gasteiger partial charge is 0.248 e. The van der Waals surface area contributed by atoms with Gasteiger partial charge in [-0.15, -0.1) is 11.3 Å². The van der Waals surface area contributed by atoms with Crippen molar-refractivity contribution in [2.24, 2.45) is 0 Å². The molecule has 0 atom stereocenters.